The molecule has 0 fully saturated rings. The second-order valence-corrected chi connectivity index (χ2v) is 5.11. The minimum atomic E-state index is -0.313. The first-order chi connectivity index (χ1) is 8.99. The molecular formula is C11H14N4O3S. The molecule has 8 heteroatoms. The largest absolute Gasteiger partial charge is 0.492 e. The van der Waals surface area contributed by atoms with E-state index >= 15 is 0 Å². The van der Waals surface area contributed by atoms with Crippen molar-refractivity contribution in [3.05, 3.63) is 6.33 Å². The van der Waals surface area contributed by atoms with Crippen LogP contribution >= 0.6 is 11.8 Å². The van der Waals surface area contributed by atoms with Gasteiger partial charge in [-0.25, -0.2) is 14.6 Å². The van der Waals surface area contributed by atoms with Gasteiger partial charge in [0.15, 0.2) is 5.52 Å². The summed E-state index contributed by atoms with van der Waals surface area (Å²) in [6, 6.07) is 0. The number of fused-ring (bicyclic) bond motifs is 1. The molecule has 0 aliphatic carbocycles. The molecule has 1 N–H and O–H groups in total. The van der Waals surface area contributed by atoms with Crippen LogP contribution in [0.5, 0.6) is 5.88 Å². The van der Waals surface area contributed by atoms with Crippen molar-refractivity contribution in [1.29, 1.82) is 0 Å². The highest BCUT2D eigenvalue weighted by molar-refractivity contribution is 8.00. The average molecular weight is 282 g/mol. The Balaban J connectivity index is 2.17. The first-order valence-corrected chi connectivity index (χ1v) is 6.66. The molecule has 0 saturated carbocycles. The molecule has 2 heterocycles. The fourth-order valence-corrected chi connectivity index (χ4v) is 2.22. The maximum Gasteiger partial charge on any atom is 0.316 e. The van der Waals surface area contributed by atoms with Crippen LogP contribution in [-0.4, -0.2) is 42.7 Å². The third-order valence-electron chi connectivity index (χ3n) is 2.25. The van der Waals surface area contributed by atoms with Gasteiger partial charge in [-0.3, -0.25) is 4.79 Å². The predicted molar refractivity (Wildman–Crippen MR) is 69.9 cm³/mol. The Hall–Kier alpha value is -1.83. The number of nitrogens with zero attached hydrogens (tertiary/aromatic N) is 4. The lowest BCUT2D eigenvalue weighted by Gasteiger charge is -2.06. The van der Waals surface area contributed by atoms with Gasteiger partial charge in [0.2, 0.25) is 5.88 Å². The van der Waals surface area contributed by atoms with Crippen molar-refractivity contribution >= 4 is 28.8 Å². The third kappa shape index (κ3) is 2.95. The summed E-state index contributed by atoms with van der Waals surface area (Å²) in [5, 5.41) is 14.4. The smallest absolute Gasteiger partial charge is 0.316 e. The van der Waals surface area contributed by atoms with Crippen LogP contribution in [0.1, 0.15) is 13.8 Å². The number of aromatic hydroxyl groups is 1. The number of hydrogen-bond acceptors (Lipinski definition) is 7. The summed E-state index contributed by atoms with van der Waals surface area (Å²) >= 11 is 1.21. The summed E-state index contributed by atoms with van der Waals surface area (Å²) in [5.41, 5.74) is 0.849. The summed E-state index contributed by atoms with van der Waals surface area (Å²) < 4.78 is 6.35. The molecule has 0 aliphatic rings. The molecule has 0 atom stereocenters. The van der Waals surface area contributed by atoms with Crippen molar-refractivity contribution < 1.29 is 14.6 Å². The van der Waals surface area contributed by atoms with Gasteiger partial charge >= 0.3 is 5.97 Å². The predicted octanol–water partition coefficient (Wildman–Crippen LogP) is 1.11. The summed E-state index contributed by atoms with van der Waals surface area (Å²) in [4.78, 5) is 19.5. The van der Waals surface area contributed by atoms with E-state index in [1.807, 2.05) is 0 Å². The number of esters is 1. The molecular weight excluding hydrogens is 268 g/mol. The van der Waals surface area contributed by atoms with Crippen molar-refractivity contribution in [1.82, 2.24) is 19.7 Å². The van der Waals surface area contributed by atoms with Crippen molar-refractivity contribution in [2.24, 2.45) is 7.05 Å². The normalized spacial score (nSPS) is 11.2. The number of rotatable bonds is 4. The van der Waals surface area contributed by atoms with Gasteiger partial charge in [-0.2, -0.15) is 5.10 Å². The molecule has 0 saturated heterocycles. The van der Waals surface area contributed by atoms with Gasteiger partial charge in [0, 0.05) is 7.05 Å². The lowest BCUT2D eigenvalue weighted by Crippen LogP contribution is -2.13. The van der Waals surface area contributed by atoms with Crippen LogP contribution in [0, 0.1) is 0 Å². The molecule has 0 radical (unpaired) electrons. The van der Waals surface area contributed by atoms with Crippen LogP contribution in [-0.2, 0) is 16.6 Å². The van der Waals surface area contributed by atoms with Crippen LogP contribution in [0.15, 0.2) is 11.4 Å². The standard InChI is InChI=1S/C11H14N4O3S/c1-6(2)18-7(16)4-19-10-8-9(12-5-13-10)11(17)15(3)14-8/h5-6,17H,4H2,1-3H3. The van der Waals surface area contributed by atoms with E-state index in [1.165, 1.54) is 22.8 Å². The molecule has 7 nitrogen and oxygen atoms in total. The molecule has 2 aromatic heterocycles. The monoisotopic (exact) mass is 282 g/mol. The average Bonchev–Trinajstić information content (AvgIpc) is 2.63. The molecule has 2 aromatic rings. The molecule has 19 heavy (non-hydrogen) atoms. The van der Waals surface area contributed by atoms with E-state index in [-0.39, 0.29) is 23.7 Å². The third-order valence-corrected chi connectivity index (χ3v) is 3.20. The molecule has 0 aliphatic heterocycles. The van der Waals surface area contributed by atoms with Crippen LogP contribution in [0.25, 0.3) is 11.0 Å². The first kappa shape index (κ1) is 13.6. The molecule has 0 amide bonds. The second kappa shape index (κ2) is 5.43. The number of hydrogen-bond donors (Lipinski definition) is 1. The van der Waals surface area contributed by atoms with Crippen LogP contribution in [0.4, 0.5) is 0 Å². The number of ether oxygens (including phenoxy) is 1. The van der Waals surface area contributed by atoms with Crippen molar-refractivity contribution in [3.8, 4) is 5.88 Å². The number of thioether (sulfide) groups is 1. The zero-order chi connectivity index (χ0) is 14.0. The number of carbonyl (C=O) groups excluding carboxylic acids is 1. The Kier molecular flexibility index (Phi) is 3.89. The van der Waals surface area contributed by atoms with Crippen LogP contribution in [0.3, 0.4) is 0 Å². The molecule has 0 unspecified atom stereocenters. The highest BCUT2D eigenvalue weighted by Crippen LogP contribution is 2.28. The zero-order valence-corrected chi connectivity index (χ0v) is 11.6. The van der Waals surface area contributed by atoms with Gasteiger partial charge in [-0.1, -0.05) is 11.8 Å². The first-order valence-electron chi connectivity index (χ1n) is 5.68. The van der Waals surface area contributed by atoms with Crippen molar-refractivity contribution in [2.75, 3.05) is 5.75 Å². The fourth-order valence-electron chi connectivity index (χ4n) is 1.50. The van der Waals surface area contributed by atoms with Crippen molar-refractivity contribution in [2.45, 2.75) is 25.0 Å². The highest BCUT2D eigenvalue weighted by atomic mass is 32.2. The summed E-state index contributed by atoms with van der Waals surface area (Å²) in [6.45, 7) is 3.59. The van der Waals surface area contributed by atoms with Gasteiger partial charge < -0.3 is 9.84 Å². The highest BCUT2D eigenvalue weighted by Gasteiger charge is 2.15. The molecule has 0 spiro atoms. The van der Waals surface area contributed by atoms with Crippen LogP contribution in [0.2, 0.25) is 0 Å². The fraction of sp³-hybridized carbons (Fsp3) is 0.455. The SMILES string of the molecule is CC(C)OC(=O)CSc1ncnc2c(O)n(C)nc12. The number of carbonyl (C=O) groups is 1. The number of aryl methyl sites for hydroxylation is 1. The summed E-state index contributed by atoms with van der Waals surface area (Å²) in [5.74, 6) is -0.197. The minimum Gasteiger partial charge on any atom is -0.492 e. The maximum absolute atomic E-state index is 11.5. The maximum atomic E-state index is 11.5. The summed E-state index contributed by atoms with van der Waals surface area (Å²) in [6.07, 6.45) is 1.19. The van der Waals surface area contributed by atoms with E-state index in [0.717, 1.165) is 0 Å². The molecule has 0 aromatic carbocycles. The quantitative estimate of drug-likeness (QED) is 0.510. The second-order valence-electron chi connectivity index (χ2n) is 4.15. The van der Waals surface area contributed by atoms with E-state index in [2.05, 4.69) is 15.1 Å². The minimum absolute atomic E-state index is 0.0241. The zero-order valence-electron chi connectivity index (χ0n) is 10.8. The molecule has 0 bridgehead atoms. The van der Waals surface area contributed by atoms with Crippen LogP contribution < -0.4 is 0 Å². The van der Waals surface area contributed by atoms with Gasteiger partial charge in [-0.15, -0.1) is 0 Å². The van der Waals surface area contributed by atoms with Crippen molar-refractivity contribution in [3.63, 3.8) is 0 Å². The van der Waals surface area contributed by atoms with E-state index < -0.39 is 0 Å². The van der Waals surface area contributed by atoms with Gasteiger partial charge in [0.05, 0.1) is 11.9 Å². The Morgan fingerprint density at radius 2 is 2.21 bits per heavy atom. The Morgan fingerprint density at radius 1 is 1.47 bits per heavy atom. The van der Waals surface area contributed by atoms with Gasteiger partial charge in [0.1, 0.15) is 16.9 Å². The van der Waals surface area contributed by atoms with E-state index in [9.17, 15) is 9.90 Å². The number of aromatic nitrogens is 4. The van der Waals surface area contributed by atoms with Gasteiger partial charge in [-0.05, 0) is 13.8 Å². The van der Waals surface area contributed by atoms with Gasteiger partial charge in [0.25, 0.3) is 0 Å². The van der Waals surface area contributed by atoms with E-state index in [4.69, 9.17) is 4.74 Å². The Labute approximate surface area is 114 Å². The molecule has 2 rings (SSSR count). The lowest BCUT2D eigenvalue weighted by atomic mass is 10.5. The topological polar surface area (TPSA) is 90.1 Å². The van der Waals surface area contributed by atoms with E-state index in [0.29, 0.717) is 16.1 Å². The van der Waals surface area contributed by atoms with E-state index in [1.54, 1.807) is 20.9 Å². The molecule has 102 valence electrons. The Morgan fingerprint density at radius 3 is 2.89 bits per heavy atom. The summed E-state index contributed by atoms with van der Waals surface area (Å²) in [7, 11) is 1.61. The lowest BCUT2D eigenvalue weighted by molar-refractivity contribution is -0.144. The Bertz CT molecular complexity index is 611.